The summed E-state index contributed by atoms with van der Waals surface area (Å²) in [5, 5.41) is 20.2. The van der Waals surface area contributed by atoms with Gasteiger partial charge in [0.25, 0.3) is 0 Å². The van der Waals surface area contributed by atoms with Crippen molar-refractivity contribution in [2.75, 3.05) is 26.4 Å². The summed E-state index contributed by atoms with van der Waals surface area (Å²) in [5.41, 5.74) is 1.50. The Kier molecular flexibility index (Phi) is 11.4. The standard InChI is InChI=1S/C34H27F2N3O7S2/c1-3-6-23-26(46-34(42)21-9-11-22(12-10-21)44-17-15-43-16-18-45-33(41)20(2)35)19-24(36)31(40)30(23)32-39-38-29(48-32)14-13-28-37-25-7-4-5-8-27(25)47-28/h4-5,7-12,19,40H,2-3,6,15-18H2,1H3. The average molecular weight is 692 g/mol. The molecule has 5 rings (SSSR count). The molecule has 0 unspecified atom stereocenters. The lowest BCUT2D eigenvalue weighted by Crippen LogP contribution is -2.14. The second kappa shape index (κ2) is 16.1. The molecule has 0 aliphatic carbocycles. The fourth-order valence-electron chi connectivity index (χ4n) is 4.32. The number of benzene rings is 3. The highest BCUT2D eigenvalue weighted by atomic mass is 32.1. The number of nitrogens with zero attached hydrogens (tertiary/aromatic N) is 3. The van der Waals surface area contributed by atoms with E-state index in [9.17, 15) is 19.1 Å². The van der Waals surface area contributed by atoms with Gasteiger partial charge in [0, 0.05) is 11.6 Å². The van der Waals surface area contributed by atoms with Crippen LogP contribution in [0.2, 0.25) is 0 Å². The van der Waals surface area contributed by atoms with Crippen molar-refractivity contribution in [1.82, 2.24) is 15.2 Å². The summed E-state index contributed by atoms with van der Waals surface area (Å²) in [6.45, 7) is 4.98. The van der Waals surface area contributed by atoms with Gasteiger partial charge in [0.1, 0.15) is 24.7 Å². The summed E-state index contributed by atoms with van der Waals surface area (Å²) in [6, 6.07) is 14.7. The number of rotatable bonds is 13. The molecule has 0 radical (unpaired) electrons. The summed E-state index contributed by atoms with van der Waals surface area (Å²) in [4.78, 5) is 28.5. The molecule has 0 spiro atoms. The molecule has 0 bridgehead atoms. The van der Waals surface area contributed by atoms with Crippen LogP contribution in [0, 0.1) is 17.7 Å². The Morgan fingerprint density at radius 3 is 2.48 bits per heavy atom. The van der Waals surface area contributed by atoms with Crippen LogP contribution in [0.4, 0.5) is 8.78 Å². The van der Waals surface area contributed by atoms with E-state index in [4.69, 9.17) is 14.2 Å². The predicted octanol–water partition coefficient (Wildman–Crippen LogP) is 6.65. The molecule has 48 heavy (non-hydrogen) atoms. The fourth-order valence-corrected chi connectivity index (χ4v) is 5.91. The van der Waals surface area contributed by atoms with Crippen LogP contribution in [-0.2, 0) is 20.7 Å². The van der Waals surface area contributed by atoms with Crippen molar-refractivity contribution in [3.05, 3.63) is 94.0 Å². The summed E-state index contributed by atoms with van der Waals surface area (Å²) in [5.74, 6) is 1.63. The van der Waals surface area contributed by atoms with Gasteiger partial charge in [-0.2, -0.15) is 4.39 Å². The molecule has 0 saturated carbocycles. The van der Waals surface area contributed by atoms with E-state index in [1.165, 1.54) is 23.5 Å². The smallest absolute Gasteiger partial charge is 0.366 e. The van der Waals surface area contributed by atoms with Crippen molar-refractivity contribution in [3.63, 3.8) is 0 Å². The van der Waals surface area contributed by atoms with E-state index in [0.717, 1.165) is 27.6 Å². The van der Waals surface area contributed by atoms with Gasteiger partial charge >= 0.3 is 11.9 Å². The summed E-state index contributed by atoms with van der Waals surface area (Å²) < 4.78 is 49.6. The minimum Gasteiger partial charge on any atom is -0.504 e. The molecular weight excluding hydrogens is 665 g/mol. The molecule has 2 aromatic heterocycles. The number of ether oxygens (including phenoxy) is 4. The highest BCUT2D eigenvalue weighted by Crippen LogP contribution is 2.42. The molecule has 14 heteroatoms. The van der Waals surface area contributed by atoms with Crippen LogP contribution in [0.1, 0.15) is 39.3 Å². The van der Waals surface area contributed by atoms with E-state index in [-0.39, 0.29) is 48.3 Å². The quantitative estimate of drug-likeness (QED) is 0.0471. The number of phenolic OH excluding ortho intramolecular Hbond substituents is 1. The topological polar surface area (TPSA) is 130 Å². The largest absolute Gasteiger partial charge is 0.504 e. The Labute approximate surface area is 281 Å². The molecule has 0 aliphatic heterocycles. The number of phenols is 1. The zero-order valence-electron chi connectivity index (χ0n) is 25.5. The number of thiazole rings is 1. The van der Waals surface area contributed by atoms with Crippen LogP contribution in [0.25, 0.3) is 20.8 Å². The third-order valence-electron chi connectivity index (χ3n) is 6.50. The van der Waals surface area contributed by atoms with E-state index in [1.54, 1.807) is 12.1 Å². The number of aromatic hydroxyl groups is 1. The zero-order valence-corrected chi connectivity index (χ0v) is 27.1. The van der Waals surface area contributed by atoms with Crippen LogP contribution in [0.3, 0.4) is 0 Å². The van der Waals surface area contributed by atoms with E-state index in [2.05, 4.69) is 38.3 Å². The van der Waals surface area contributed by atoms with Gasteiger partial charge in [-0.1, -0.05) is 43.4 Å². The highest BCUT2D eigenvalue weighted by molar-refractivity contribution is 7.19. The van der Waals surface area contributed by atoms with Crippen LogP contribution in [0.5, 0.6) is 17.2 Å². The molecular formula is C34H27F2N3O7S2. The maximum Gasteiger partial charge on any atom is 0.366 e. The van der Waals surface area contributed by atoms with Crippen LogP contribution < -0.4 is 9.47 Å². The number of aromatic nitrogens is 3. The molecule has 0 atom stereocenters. The van der Waals surface area contributed by atoms with Crippen LogP contribution >= 0.6 is 22.7 Å². The predicted molar refractivity (Wildman–Crippen MR) is 175 cm³/mol. The number of carbonyl (C=O) groups is 2. The van der Waals surface area contributed by atoms with Gasteiger partial charge in [-0.25, -0.2) is 19.0 Å². The molecule has 246 valence electrons. The van der Waals surface area contributed by atoms with Crippen molar-refractivity contribution in [2.24, 2.45) is 0 Å². The second-order valence-corrected chi connectivity index (χ2v) is 11.9. The summed E-state index contributed by atoms with van der Waals surface area (Å²) in [6.07, 6.45) is 0.945. The van der Waals surface area contributed by atoms with Gasteiger partial charge in [-0.05, 0) is 54.7 Å². The fraction of sp³-hybridized carbons (Fsp3) is 0.206. The summed E-state index contributed by atoms with van der Waals surface area (Å²) in [7, 11) is 0. The van der Waals surface area contributed by atoms with Gasteiger partial charge in [-0.15, -0.1) is 21.5 Å². The maximum atomic E-state index is 15.0. The number of hydrogen-bond acceptors (Lipinski definition) is 12. The Hall–Kier alpha value is -5.23. The van der Waals surface area contributed by atoms with Gasteiger partial charge in [0.2, 0.25) is 5.83 Å². The number of para-hydroxylation sites is 1. The molecule has 0 fully saturated rings. The van der Waals surface area contributed by atoms with E-state index >= 15 is 4.39 Å². The van der Waals surface area contributed by atoms with E-state index in [1.807, 2.05) is 31.2 Å². The first-order valence-corrected chi connectivity index (χ1v) is 16.2. The molecule has 0 amide bonds. The molecule has 0 aliphatic rings. The lowest BCUT2D eigenvalue weighted by molar-refractivity contribution is -0.142. The van der Waals surface area contributed by atoms with Gasteiger partial charge in [0.05, 0.1) is 34.6 Å². The Morgan fingerprint density at radius 2 is 1.73 bits per heavy atom. The van der Waals surface area contributed by atoms with Crippen molar-refractivity contribution in [3.8, 4) is 39.7 Å². The number of hydrogen-bond donors (Lipinski definition) is 1. The Bertz CT molecular complexity index is 1980. The van der Waals surface area contributed by atoms with Gasteiger partial charge in [0.15, 0.2) is 26.6 Å². The SMILES string of the molecule is C=C(F)C(=O)OCCOCCOc1ccc(C(=O)Oc2cc(F)c(O)c(-c3nnc(C#Cc4nc5ccccc5s4)s3)c2CCC)cc1. The Balaban J connectivity index is 1.24. The third kappa shape index (κ3) is 8.56. The van der Waals surface area contributed by atoms with E-state index < -0.39 is 29.3 Å². The number of fused-ring (bicyclic) bond motifs is 1. The first-order chi connectivity index (χ1) is 23.2. The molecule has 5 aromatic rings. The van der Waals surface area contributed by atoms with Crippen molar-refractivity contribution in [1.29, 1.82) is 0 Å². The Morgan fingerprint density at radius 1 is 0.979 bits per heavy atom. The average Bonchev–Trinajstić information content (AvgIpc) is 3.73. The minimum absolute atomic E-state index is 0.0477. The van der Waals surface area contributed by atoms with E-state index in [0.29, 0.717) is 34.2 Å². The first-order valence-electron chi connectivity index (χ1n) is 14.5. The van der Waals surface area contributed by atoms with Crippen LogP contribution in [0.15, 0.2) is 67.0 Å². The molecule has 0 saturated heterocycles. The van der Waals surface area contributed by atoms with Crippen molar-refractivity contribution < 1.29 is 42.4 Å². The lowest BCUT2D eigenvalue weighted by atomic mass is 10.0. The monoisotopic (exact) mass is 691 g/mol. The molecule has 10 nitrogen and oxygen atoms in total. The van der Waals surface area contributed by atoms with Crippen molar-refractivity contribution in [2.45, 2.75) is 19.8 Å². The maximum absolute atomic E-state index is 15.0. The molecule has 1 N–H and O–H groups in total. The summed E-state index contributed by atoms with van der Waals surface area (Å²) >= 11 is 2.51. The third-order valence-corrected chi connectivity index (χ3v) is 8.31. The molecule has 2 heterocycles. The number of carbonyl (C=O) groups excluding carboxylic acids is 2. The van der Waals surface area contributed by atoms with Gasteiger partial charge in [-0.3, -0.25) is 0 Å². The lowest BCUT2D eigenvalue weighted by Gasteiger charge is -2.15. The molecule has 3 aromatic carbocycles. The highest BCUT2D eigenvalue weighted by Gasteiger charge is 2.24. The zero-order chi connectivity index (χ0) is 34.0. The van der Waals surface area contributed by atoms with Crippen molar-refractivity contribution >= 4 is 44.8 Å². The number of esters is 2. The normalized spacial score (nSPS) is 10.7. The minimum atomic E-state index is -1.18. The van der Waals surface area contributed by atoms with Gasteiger partial charge < -0.3 is 24.1 Å². The number of halogens is 2. The second-order valence-electron chi connectivity index (χ2n) is 9.87. The first kappa shape index (κ1) is 34.1. The van der Waals surface area contributed by atoms with Crippen LogP contribution in [-0.4, -0.2) is 58.7 Å².